The molecule has 0 unspecified atom stereocenters. The second kappa shape index (κ2) is 7.51. The maximum atomic E-state index is 12.7. The van der Waals surface area contributed by atoms with Crippen LogP contribution >= 0.6 is 0 Å². The van der Waals surface area contributed by atoms with Crippen LogP contribution in [0.1, 0.15) is 56.6 Å². The molecule has 4 rings (SSSR count). The lowest BCUT2D eigenvalue weighted by molar-refractivity contribution is -0.150. The molecule has 0 spiro atoms. The van der Waals surface area contributed by atoms with E-state index in [9.17, 15) is 9.90 Å². The van der Waals surface area contributed by atoms with Crippen LogP contribution in [0, 0.1) is 18.8 Å². The van der Waals surface area contributed by atoms with Crippen molar-refractivity contribution >= 4 is 16.8 Å². The number of likely N-dealkylation sites (tertiary alicyclic amines) is 1. The van der Waals surface area contributed by atoms with Crippen LogP contribution in [-0.2, 0) is 18.3 Å². The molecule has 2 fully saturated rings. The molecule has 1 aliphatic heterocycles. The van der Waals surface area contributed by atoms with Crippen LogP contribution in [0.2, 0.25) is 0 Å². The van der Waals surface area contributed by atoms with E-state index < -0.39 is 5.60 Å². The van der Waals surface area contributed by atoms with Crippen molar-refractivity contribution in [1.29, 1.82) is 0 Å². The van der Waals surface area contributed by atoms with Gasteiger partial charge in [0, 0.05) is 31.4 Å². The first kappa shape index (κ1) is 19.4. The predicted molar refractivity (Wildman–Crippen MR) is 111 cm³/mol. The van der Waals surface area contributed by atoms with Gasteiger partial charge in [-0.25, -0.2) is 0 Å². The predicted octanol–water partition coefficient (Wildman–Crippen LogP) is 3.60. The van der Waals surface area contributed by atoms with E-state index in [-0.39, 0.29) is 11.8 Å². The van der Waals surface area contributed by atoms with Gasteiger partial charge in [0.05, 0.1) is 17.3 Å². The topological polar surface area (TPSA) is 58.4 Å². The molecule has 1 aromatic carbocycles. The van der Waals surface area contributed by atoms with Gasteiger partial charge >= 0.3 is 0 Å². The highest BCUT2D eigenvalue weighted by molar-refractivity contribution is 5.83. The number of hydrogen-bond donors (Lipinski definition) is 1. The lowest BCUT2D eigenvalue weighted by Gasteiger charge is -2.42. The van der Waals surface area contributed by atoms with Crippen LogP contribution in [0.25, 0.3) is 10.9 Å². The molecular weight excluding hydrogens is 350 g/mol. The van der Waals surface area contributed by atoms with E-state index in [4.69, 9.17) is 0 Å². The molecule has 1 aliphatic carbocycles. The number of nitrogens with zero attached hydrogens (tertiary/aromatic N) is 3. The van der Waals surface area contributed by atoms with E-state index >= 15 is 0 Å². The quantitative estimate of drug-likeness (QED) is 0.881. The van der Waals surface area contributed by atoms with Crippen molar-refractivity contribution in [3.05, 3.63) is 29.5 Å². The average Bonchev–Trinajstić information content (AvgIpc) is 2.96. The second-order valence-corrected chi connectivity index (χ2v) is 9.40. The molecule has 1 aromatic heterocycles. The van der Waals surface area contributed by atoms with Gasteiger partial charge in [0.15, 0.2) is 0 Å². The molecule has 0 radical (unpaired) electrons. The first-order chi connectivity index (χ1) is 13.3. The van der Waals surface area contributed by atoms with Crippen LogP contribution < -0.4 is 0 Å². The van der Waals surface area contributed by atoms with Crippen molar-refractivity contribution < 1.29 is 9.90 Å². The molecule has 152 valence electrons. The Morgan fingerprint density at radius 3 is 2.57 bits per heavy atom. The molecule has 0 bridgehead atoms. The van der Waals surface area contributed by atoms with Crippen LogP contribution in [-0.4, -0.2) is 44.4 Å². The number of benzene rings is 1. The van der Waals surface area contributed by atoms with E-state index in [1.165, 1.54) is 34.9 Å². The van der Waals surface area contributed by atoms with Gasteiger partial charge in [0.25, 0.3) is 0 Å². The summed E-state index contributed by atoms with van der Waals surface area (Å²) in [6.07, 6.45) is 8.82. The minimum Gasteiger partial charge on any atom is -0.390 e. The number of fused-ring (bicyclic) bond motifs is 1. The van der Waals surface area contributed by atoms with Crippen molar-refractivity contribution in [2.45, 2.75) is 64.4 Å². The standard InChI is InChI=1S/C23H33N3O2/c1-16-10-18(12-21-20(16)15-24-25(21)3)11-17-6-4-8-26(9-5-7-17)22(27)19-13-23(2,28)14-19/h10,12,15,17,19,28H,4-9,11,13-14H2,1-3H3/t19-,23+. The third-order valence-corrected chi connectivity index (χ3v) is 6.77. The normalized spacial score (nSPS) is 26.7. The zero-order valence-corrected chi connectivity index (χ0v) is 17.4. The maximum Gasteiger partial charge on any atom is 0.225 e. The summed E-state index contributed by atoms with van der Waals surface area (Å²) in [4.78, 5) is 14.7. The molecule has 2 aromatic rings. The molecule has 5 nitrogen and oxygen atoms in total. The van der Waals surface area contributed by atoms with Crippen LogP contribution in [0.4, 0.5) is 0 Å². The number of amides is 1. The van der Waals surface area contributed by atoms with E-state index in [1.54, 1.807) is 0 Å². The zero-order valence-electron chi connectivity index (χ0n) is 17.4. The van der Waals surface area contributed by atoms with Crippen molar-refractivity contribution in [1.82, 2.24) is 14.7 Å². The highest BCUT2D eigenvalue weighted by Crippen LogP contribution is 2.38. The SMILES string of the molecule is Cc1cc(CC2CCCN(C(=O)[C@H]3C[C@@](C)(O)C3)CCC2)cc2c1cnn2C. The third-order valence-electron chi connectivity index (χ3n) is 6.77. The van der Waals surface area contributed by atoms with Gasteiger partial charge in [-0.05, 0) is 81.9 Å². The summed E-state index contributed by atoms with van der Waals surface area (Å²) in [5.74, 6) is 0.993. The summed E-state index contributed by atoms with van der Waals surface area (Å²) in [6.45, 7) is 5.74. The summed E-state index contributed by atoms with van der Waals surface area (Å²) in [5, 5.41) is 15.6. The van der Waals surface area contributed by atoms with Gasteiger partial charge in [-0.1, -0.05) is 6.07 Å². The van der Waals surface area contributed by atoms with Crippen molar-refractivity contribution in [2.24, 2.45) is 18.9 Å². The van der Waals surface area contributed by atoms with E-state index in [1.807, 2.05) is 24.9 Å². The Morgan fingerprint density at radius 1 is 1.25 bits per heavy atom. The van der Waals surface area contributed by atoms with Crippen molar-refractivity contribution in [3.8, 4) is 0 Å². The van der Waals surface area contributed by atoms with Gasteiger partial charge < -0.3 is 10.0 Å². The van der Waals surface area contributed by atoms with Gasteiger partial charge in [-0.15, -0.1) is 0 Å². The van der Waals surface area contributed by atoms with E-state index in [0.717, 1.165) is 32.4 Å². The second-order valence-electron chi connectivity index (χ2n) is 9.40. The Balaban J connectivity index is 1.34. The number of aliphatic hydroxyl groups is 1. The molecule has 2 aliphatic rings. The average molecular weight is 384 g/mol. The first-order valence-electron chi connectivity index (χ1n) is 10.7. The summed E-state index contributed by atoms with van der Waals surface area (Å²) in [7, 11) is 2.01. The zero-order chi connectivity index (χ0) is 19.9. The maximum absolute atomic E-state index is 12.7. The number of carbonyl (C=O) groups is 1. The molecule has 1 amide bonds. The van der Waals surface area contributed by atoms with Gasteiger partial charge in [-0.2, -0.15) is 5.10 Å². The Labute approximate surface area is 167 Å². The Bertz CT molecular complexity index is 852. The number of aromatic nitrogens is 2. The minimum absolute atomic E-state index is 0.0406. The number of aryl methyl sites for hydroxylation is 2. The van der Waals surface area contributed by atoms with E-state index in [2.05, 4.69) is 29.1 Å². The monoisotopic (exact) mass is 383 g/mol. The minimum atomic E-state index is -0.624. The number of carbonyl (C=O) groups excluding carboxylic acids is 1. The molecule has 1 saturated heterocycles. The first-order valence-corrected chi connectivity index (χ1v) is 10.7. The Kier molecular flexibility index (Phi) is 5.21. The number of rotatable bonds is 3. The Morgan fingerprint density at radius 2 is 1.93 bits per heavy atom. The summed E-state index contributed by atoms with van der Waals surface area (Å²) >= 11 is 0. The summed E-state index contributed by atoms with van der Waals surface area (Å²) in [6, 6.07) is 4.62. The van der Waals surface area contributed by atoms with Gasteiger partial charge in [-0.3, -0.25) is 9.48 Å². The third kappa shape index (κ3) is 3.95. The highest BCUT2D eigenvalue weighted by atomic mass is 16.3. The lowest BCUT2D eigenvalue weighted by atomic mass is 9.71. The molecular formula is C23H33N3O2. The van der Waals surface area contributed by atoms with Crippen molar-refractivity contribution in [3.63, 3.8) is 0 Å². The van der Waals surface area contributed by atoms with Gasteiger partial charge in [0.1, 0.15) is 0 Å². The number of hydrogen-bond acceptors (Lipinski definition) is 3. The highest BCUT2D eigenvalue weighted by Gasteiger charge is 2.43. The molecule has 1 N–H and O–H groups in total. The lowest BCUT2D eigenvalue weighted by Crippen LogP contribution is -2.50. The van der Waals surface area contributed by atoms with Crippen LogP contribution in [0.3, 0.4) is 0 Å². The summed E-state index contributed by atoms with van der Waals surface area (Å²) < 4.78 is 1.96. The fourth-order valence-electron chi connectivity index (χ4n) is 5.20. The molecule has 1 saturated carbocycles. The van der Waals surface area contributed by atoms with Crippen LogP contribution in [0.15, 0.2) is 18.3 Å². The summed E-state index contributed by atoms with van der Waals surface area (Å²) in [5.41, 5.74) is 3.30. The molecule has 28 heavy (non-hydrogen) atoms. The fraction of sp³-hybridized carbons (Fsp3) is 0.652. The van der Waals surface area contributed by atoms with Crippen LogP contribution in [0.5, 0.6) is 0 Å². The molecule has 5 heteroatoms. The molecule has 2 heterocycles. The van der Waals surface area contributed by atoms with E-state index in [0.29, 0.717) is 18.8 Å². The van der Waals surface area contributed by atoms with Crippen molar-refractivity contribution in [2.75, 3.05) is 13.1 Å². The fourth-order valence-corrected chi connectivity index (χ4v) is 5.20. The van der Waals surface area contributed by atoms with Gasteiger partial charge in [0.2, 0.25) is 5.91 Å². The largest absolute Gasteiger partial charge is 0.390 e. The Hall–Kier alpha value is -1.88. The smallest absolute Gasteiger partial charge is 0.225 e. The molecule has 0 atom stereocenters.